The number of hydrogen-bond donors (Lipinski definition) is 2. The zero-order valence-electron chi connectivity index (χ0n) is 14.2. The van der Waals surface area contributed by atoms with Crippen LogP contribution in [0.1, 0.15) is 40.2 Å². The molecule has 136 valence electrons. The monoisotopic (exact) mass is 358 g/mol. The first-order valence-corrected chi connectivity index (χ1v) is 8.11. The third-order valence-electron chi connectivity index (χ3n) is 4.12. The molecule has 0 saturated carbocycles. The number of nitrogens with one attached hydrogen (secondary N) is 1. The fourth-order valence-electron chi connectivity index (χ4n) is 2.80. The molecule has 0 bridgehead atoms. The molecule has 0 spiro atoms. The molecule has 8 nitrogen and oxygen atoms in total. The number of amides is 2. The average Bonchev–Trinajstić information content (AvgIpc) is 3.13. The normalized spacial score (nSPS) is 14.2. The lowest BCUT2D eigenvalue weighted by molar-refractivity contribution is -0.119. The minimum Gasteiger partial charge on any atom is -0.495 e. The fourth-order valence-corrected chi connectivity index (χ4v) is 2.80. The molecular weight excluding hydrogens is 340 g/mol. The van der Waals surface area contributed by atoms with Crippen molar-refractivity contribution in [2.75, 3.05) is 23.9 Å². The Morgan fingerprint density at radius 2 is 2.08 bits per heavy atom. The Labute approximate surface area is 149 Å². The first-order valence-electron chi connectivity index (χ1n) is 8.11. The van der Waals surface area contributed by atoms with Gasteiger partial charge in [-0.1, -0.05) is 0 Å². The van der Waals surface area contributed by atoms with Crippen LogP contribution in [0.3, 0.4) is 0 Å². The number of nitrogens with zero attached hydrogens (tertiary/aromatic N) is 1. The topological polar surface area (TPSA) is 109 Å². The average molecular weight is 358 g/mol. The molecule has 3 rings (SSSR count). The molecule has 0 unspecified atom stereocenters. The molecule has 8 heteroatoms. The summed E-state index contributed by atoms with van der Waals surface area (Å²) in [5.41, 5.74) is 0.919. The second kappa shape index (κ2) is 7.30. The van der Waals surface area contributed by atoms with Crippen molar-refractivity contribution in [3.63, 3.8) is 0 Å². The van der Waals surface area contributed by atoms with E-state index in [-0.39, 0.29) is 17.2 Å². The first kappa shape index (κ1) is 17.5. The number of carbonyl (C=O) groups is 3. The van der Waals surface area contributed by atoms with E-state index in [0.717, 1.165) is 25.2 Å². The van der Waals surface area contributed by atoms with Gasteiger partial charge in [-0.15, -0.1) is 0 Å². The molecule has 1 fully saturated rings. The van der Waals surface area contributed by atoms with Crippen LogP contribution in [0.25, 0.3) is 0 Å². The van der Waals surface area contributed by atoms with E-state index in [1.165, 1.54) is 7.11 Å². The second-order valence-electron chi connectivity index (χ2n) is 5.85. The molecule has 2 amide bonds. The number of aromatic carboxylic acids is 1. The van der Waals surface area contributed by atoms with Gasteiger partial charge in [0, 0.05) is 24.7 Å². The molecule has 26 heavy (non-hydrogen) atoms. The van der Waals surface area contributed by atoms with Crippen molar-refractivity contribution in [3.05, 3.63) is 41.9 Å². The van der Waals surface area contributed by atoms with Gasteiger partial charge in [-0.25, -0.2) is 4.79 Å². The maximum absolute atomic E-state index is 12.2. The lowest BCUT2D eigenvalue weighted by atomic mass is 10.1. The molecule has 2 N–H and O–H groups in total. The fraction of sp³-hybridized carbons (Fsp3) is 0.278. The Morgan fingerprint density at radius 3 is 2.73 bits per heavy atom. The molecule has 0 atom stereocenters. The number of carboxylic acid groups (broad SMARTS) is 1. The van der Waals surface area contributed by atoms with Crippen molar-refractivity contribution in [2.24, 2.45) is 0 Å². The van der Waals surface area contributed by atoms with Crippen LogP contribution in [0, 0.1) is 0 Å². The van der Waals surface area contributed by atoms with Crippen molar-refractivity contribution in [3.8, 4) is 5.75 Å². The Balaban J connectivity index is 1.83. The van der Waals surface area contributed by atoms with Gasteiger partial charge in [0.25, 0.3) is 5.91 Å². The van der Waals surface area contributed by atoms with Gasteiger partial charge in [0.2, 0.25) is 5.91 Å². The van der Waals surface area contributed by atoms with E-state index in [0.29, 0.717) is 30.1 Å². The van der Waals surface area contributed by atoms with Gasteiger partial charge < -0.3 is 24.5 Å². The summed E-state index contributed by atoms with van der Waals surface area (Å²) >= 11 is 0. The van der Waals surface area contributed by atoms with Gasteiger partial charge in [0.1, 0.15) is 12.0 Å². The summed E-state index contributed by atoms with van der Waals surface area (Å²) in [5.74, 6) is -1.34. The summed E-state index contributed by atoms with van der Waals surface area (Å²) in [6.45, 7) is 0.590. The number of furan rings is 1. The molecule has 1 saturated heterocycles. The van der Waals surface area contributed by atoms with Crippen LogP contribution in [0.4, 0.5) is 11.4 Å². The Kier molecular flexibility index (Phi) is 4.92. The number of hydrogen-bond acceptors (Lipinski definition) is 5. The summed E-state index contributed by atoms with van der Waals surface area (Å²) in [4.78, 5) is 37.0. The van der Waals surface area contributed by atoms with Crippen molar-refractivity contribution in [2.45, 2.75) is 19.3 Å². The predicted molar refractivity (Wildman–Crippen MR) is 92.8 cm³/mol. The highest BCUT2D eigenvalue weighted by Gasteiger charge is 2.23. The van der Waals surface area contributed by atoms with Crippen LogP contribution in [-0.4, -0.2) is 36.5 Å². The van der Waals surface area contributed by atoms with Gasteiger partial charge in [-0.05, 0) is 31.0 Å². The molecule has 0 aliphatic carbocycles. The van der Waals surface area contributed by atoms with E-state index in [1.54, 1.807) is 23.1 Å². The third kappa shape index (κ3) is 3.53. The molecule has 2 aromatic rings. The smallest absolute Gasteiger partial charge is 0.338 e. The van der Waals surface area contributed by atoms with Crippen molar-refractivity contribution >= 4 is 29.2 Å². The molecular formula is C18H18N2O6. The van der Waals surface area contributed by atoms with E-state index in [9.17, 15) is 14.4 Å². The quantitative estimate of drug-likeness (QED) is 0.851. The highest BCUT2D eigenvalue weighted by Crippen LogP contribution is 2.33. The molecule has 1 aliphatic rings. The maximum Gasteiger partial charge on any atom is 0.338 e. The van der Waals surface area contributed by atoms with Crippen molar-refractivity contribution in [1.29, 1.82) is 0 Å². The lowest BCUT2D eigenvalue weighted by Gasteiger charge is -2.28. The maximum atomic E-state index is 12.2. The highest BCUT2D eigenvalue weighted by molar-refractivity contribution is 6.04. The van der Waals surface area contributed by atoms with Crippen molar-refractivity contribution in [1.82, 2.24) is 0 Å². The summed E-state index contributed by atoms with van der Waals surface area (Å²) in [5, 5.41) is 11.5. The second-order valence-corrected chi connectivity index (χ2v) is 5.85. The number of piperidine rings is 1. The Morgan fingerprint density at radius 1 is 1.27 bits per heavy atom. The third-order valence-corrected chi connectivity index (χ3v) is 4.12. The standard InChI is InChI=1S/C18H18N2O6/c1-25-14-6-5-12(9-13(14)20-7-3-2-4-16(20)21)19-17(22)15-8-11(10-26-15)18(23)24/h5-6,8-10H,2-4,7H2,1H3,(H,19,22)(H,23,24). The van der Waals surface area contributed by atoms with Crippen LogP contribution >= 0.6 is 0 Å². The summed E-state index contributed by atoms with van der Waals surface area (Å²) < 4.78 is 10.3. The van der Waals surface area contributed by atoms with E-state index >= 15 is 0 Å². The highest BCUT2D eigenvalue weighted by atomic mass is 16.5. The van der Waals surface area contributed by atoms with E-state index in [4.69, 9.17) is 14.3 Å². The zero-order chi connectivity index (χ0) is 18.7. The zero-order valence-corrected chi connectivity index (χ0v) is 14.2. The van der Waals surface area contributed by atoms with Crippen LogP contribution in [0.2, 0.25) is 0 Å². The predicted octanol–water partition coefficient (Wildman–Crippen LogP) is 2.76. The Hall–Kier alpha value is -3.29. The Bertz CT molecular complexity index is 857. The molecule has 1 aliphatic heterocycles. The van der Waals surface area contributed by atoms with E-state index in [1.807, 2.05) is 0 Å². The molecule has 2 heterocycles. The molecule has 0 radical (unpaired) electrons. The van der Waals surface area contributed by atoms with E-state index in [2.05, 4.69) is 5.32 Å². The number of methoxy groups -OCH3 is 1. The van der Waals surface area contributed by atoms with Crippen LogP contribution in [-0.2, 0) is 4.79 Å². The number of rotatable bonds is 5. The minimum absolute atomic E-state index is 0.00941. The molecule has 1 aromatic carbocycles. The minimum atomic E-state index is -1.18. The number of benzene rings is 1. The van der Waals surface area contributed by atoms with E-state index < -0.39 is 11.9 Å². The van der Waals surface area contributed by atoms with Crippen LogP contribution < -0.4 is 15.0 Å². The van der Waals surface area contributed by atoms with Crippen LogP contribution in [0.5, 0.6) is 5.75 Å². The summed E-state index contributed by atoms with van der Waals surface area (Å²) in [6.07, 6.45) is 3.24. The first-order chi connectivity index (χ1) is 12.5. The van der Waals surface area contributed by atoms with Crippen LogP contribution in [0.15, 0.2) is 34.9 Å². The lowest BCUT2D eigenvalue weighted by Crippen LogP contribution is -2.35. The van der Waals surface area contributed by atoms with Gasteiger partial charge in [-0.3, -0.25) is 9.59 Å². The number of carboxylic acids is 1. The SMILES string of the molecule is COc1ccc(NC(=O)c2cc(C(=O)O)co2)cc1N1CCCCC1=O. The summed E-state index contributed by atoms with van der Waals surface area (Å²) in [6, 6.07) is 6.10. The van der Waals surface area contributed by atoms with Gasteiger partial charge in [0.05, 0.1) is 18.4 Å². The number of ether oxygens (including phenoxy) is 1. The van der Waals surface area contributed by atoms with Gasteiger partial charge in [0.15, 0.2) is 5.76 Å². The van der Waals surface area contributed by atoms with Gasteiger partial charge in [-0.2, -0.15) is 0 Å². The molecule has 1 aromatic heterocycles. The largest absolute Gasteiger partial charge is 0.495 e. The van der Waals surface area contributed by atoms with Crippen molar-refractivity contribution < 1.29 is 28.6 Å². The summed E-state index contributed by atoms with van der Waals surface area (Å²) in [7, 11) is 1.52. The number of anilines is 2. The number of carbonyl (C=O) groups excluding carboxylic acids is 2. The van der Waals surface area contributed by atoms with Gasteiger partial charge >= 0.3 is 5.97 Å².